The van der Waals surface area contributed by atoms with E-state index >= 15 is 0 Å². The minimum atomic E-state index is -1.23. The molecule has 1 aliphatic heterocycles. The number of aromatic nitrogens is 2. The fourth-order valence-corrected chi connectivity index (χ4v) is 3.19. The average molecular weight is 280 g/mol. The molecule has 4 atom stereocenters. The van der Waals surface area contributed by atoms with Gasteiger partial charge in [0.1, 0.15) is 11.2 Å². The predicted octanol–water partition coefficient (Wildman–Crippen LogP) is -2.08. The zero-order valence-corrected chi connectivity index (χ0v) is 10.9. The molecule has 1 saturated heterocycles. The molecule has 2 heterocycles. The number of piperidine rings is 1. The van der Waals surface area contributed by atoms with Crippen LogP contribution in [0.4, 0.5) is 5.82 Å². The molecule has 1 aromatic rings. The van der Waals surface area contributed by atoms with Crippen LogP contribution >= 0.6 is 0 Å². The van der Waals surface area contributed by atoms with Crippen molar-refractivity contribution in [3.63, 3.8) is 0 Å². The monoisotopic (exact) mass is 280 g/mol. The van der Waals surface area contributed by atoms with Crippen LogP contribution in [0.15, 0.2) is 11.0 Å². The van der Waals surface area contributed by atoms with Gasteiger partial charge in [-0.2, -0.15) is 4.98 Å². The number of hydrogen-bond donors (Lipinski definition) is 4. The maximum absolute atomic E-state index is 12.0. The molecule has 108 valence electrons. The molecule has 2 aliphatic rings. The topological polar surface area (TPSA) is 130 Å². The third-order valence-corrected chi connectivity index (χ3v) is 4.46. The highest BCUT2D eigenvalue weighted by Crippen LogP contribution is 2.48. The Balaban J connectivity index is 2.05. The number of amides is 1. The van der Waals surface area contributed by atoms with E-state index in [2.05, 4.69) is 10.3 Å². The number of nitrogen functional groups attached to an aromatic ring is 1. The first kappa shape index (κ1) is 13.1. The van der Waals surface area contributed by atoms with Crippen LogP contribution in [0.25, 0.3) is 0 Å². The maximum Gasteiger partial charge on any atom is 0.349 e. The molecule has 2 bridgehead atoms. The van der Waals surface area contributed by atoms with Crippen LogP contribution in [0, 0.1) is 12.3 Å². The number of nitrogens with zero attached hydrogens (tertiary/aromatic N) is 2. The molecule has 5 N–H and O–H groups in total. The molecular formula is C12H16N4O4. The van der Waals surface area contributed by atoms with Gasteiger partial charge in [-0.25, -0.2) is 4.79 Å². The molecule has 0 radical (unpaired) electrons. The van der Waals surface area contributed by atoms with Crippen molar-refractivity contribution in [1.29, 1.82) is 0 Å². The summed E-state index contributed by atoms with van der Waals surface area (Å²) in [5.41, 5.74) is 4.47. The summed E-state index contributed by atoms with van der Waals surface area (Å²) in [5.74, 6) is -0.210. The Morgan fingerprint density at radius 3 is 2.90 bits per heavy atom. The van der Waals surface area contributed by atoms with E-state index in [9.17, 15) is 19.8 Å². The number of carbonyl (C=O) groups excluding carboxylic acids is 1. The molecule has 1 unspecified atom stereocenters. The first-order valence-electron chi connectivity index (χ1n) is 6.36. The summed E-state index contributed by atoms with van der Waals surface area (Å²) in [6, 6.07) is -1.04. The van der Waals surface area contributed by atoms with Gasteiger partial charge in [-0.1, -0.05) is 0 Å². The number of aryl methyl sites for hydroxylation is 1. The highest BCUT2D eigenvalue weighted by molar-refractivity contribution is 5.88. The Hall–Kier alpha value is -1.93. The standard InChI is InChI=1S/C12H16N4O4/c1-5-3-16(11(20)15-9(5)13)6-2-12(4-17)8(18)7(6)14-10(12)19/h3,6-8,17-18H,2,4H2,1H3,(H,14,19)(H2,13,15,20)/t6-,7-,8?,12+/m1/s1. The summed E-state index contributed by atoms with van der Waals surface area (Å²) < 4.78 is 1.37. The number of anilines is 1. The first-order valence-corrected chi connectivity index (χ1v) is 6.36. The van der Waals surface area contributed by atoms with E-state index in [0.29, 0.717) is 5.56 Å². The van der Waals surface area contributed by atoms with Gasteiger partial charge in [0.05, 0.1) is 24.8 Å². The van der Waals surface area contributed by atoms with Crippen molar-refractivity contribution in [3.05, 3.63) is 22.2 Å². The molecule has 1 saturated carbocycles. The van der Waals surface area contributed by atoms with E-state index < -0.39 is 35.9 Å². The number of nitrogens with two attached hydrogens (primary N) is 1. The Morgan fingerprint density at radius 2 is 2.30 bits per heavy atom. The molecule has 0 aromatic carbocycles. The van der Waals surface area contributed by atoms with Crippen LogP contribution in [0.3, 0.4) is 0 Å². The predicted molar refractivity (Wildman–Crippen MR) is 68.8 cm³/mol. The summed E-state index contributed by atoms with van der Waals surface area (Å²) in [7, 11) is 0. The van der Waals surface area contributed by atoms with Crippen LogP contribution < -0.4 is 16.7 Å². The lowest BCUT2D eigenvalue weighted by Gasteiger charge is -2.28. The maximum atomic E-state index is 12.0. The van der Waals surface area contributed by atoms with E-state index in [1.807, 2.05) is 0 Å². The normalized spacial score (nSPS) is 35.4. The Kier molecular flexibility index (Phi) is 2.63. The van der Waals surface area contributed by atoms with Crippen molar-refractivity contribution in [2.45, 2.75) is 31.5 Å². The lowest BCUT2D eigenvalue weighted by Crippen LogP contribution is -2.46. The van der Waals surface area contributed by atoms with Crippen LogP contribution in [-0.2, 0) is 4.79 Å². The number of aliphatic hydroxyl groups excluding tert-OH is 2. The zero-order chi connectivity index (χ0) is 14.7. The summed E-state index contributed by atoms with van der Waals surface area (Å²) in [6.07, 6.45) is 0.751. The molecule has 8 heteroatoms. The lowest BCUT2D eigenvalue weighted by molar-refractivity contribution is -0.134. The molecule has 8 nitrogen and oxygen atoms in total. The van der Waals surface area contributed by atoms with Gasteiger partial charge in [0, 0.05) is 11.8 Å². The highest BCUT2D eigenvalue weighted by Gasteiger charge is 2.64. The number of hydrogen-bond acceptors (Lipinski definition) is 6. The van der Waals surface area contributed by atoms with E-state index in [1.165, 1.54) is 4.57 Å². The second-order valence-electron chi connectivity index (χ2n) is 5.53. The number of fused-ring (bicyclic) bond motifs is 2. The van der Waals surface area contributed by atoms with E-state index in [0.717, 1.165) is 0 Å². The molecule has 1 aliphatic carbocycles. The number of aliphatic hydroxyl groups is 2. The fourth-order valence-electron chi connectivity index (χ4n) is 3.19. The number of rotatable bonds is 2. The van der Waals surface area contributed by atoms with Crippen LogP contribution in [0.1, 0.15) is 18.0 Å². The smallest absolute Gasteiger partial charge is 0.349 e. The molecule has 2 fully saturated rings. The largest absolute Gasteiger partial charge is 0.395 e. The summed E-state index contributed by atoms with van der Waals surface area (Å²) in [5, 5.41) is 22.3. The molecule has 0 spiro atoms. The van der Waals surface area contributed by atoms with Crippen LogP contribution in [-0.4, -0.2) is 44.4 Å². The number of nitrogens with one attached hydrogen (secondary N) is 1. The van der Waals surface area contributed by atoms with Gasteiger partial charge in [0.15, 0.2) is 0 Å². The van der Waals surface area contributed by atoms with E-state index in [-0.39, 0.29) is 18.1 Å². The molecule has 1 aromatic heterocycles. The second-order valence-corrected chi connectivity index (χ2v) is 5.53. The summed E-state index contributed by atoms with van der Waals surface area (Å²) in [6.45, 7) is 1.27. The van der Waals surface area contributed by atoms with E-state index in [4.69, 9.17) is 5.73 Å². The van der Waals surface area contributed by atoms with Crippen molar-refractivity contribution < 1.29 is 15.0 Å². The third-order valence-electron chi connectivity index (χ3n) is 4.46. The first-order chi connectivity index (χ1) is 9.40. The van der Waals surface area contributed by atoms with Gasteiger partial charge in [-0.3, -0.25) is 9.36 Å². The van der Waals surface area contributed by atoms with Gasteiger partial charge >= 0.3 is 5.69 Å². The molecule has 20 heavy (non-hydrogen) atoms. The quantitative estimate of drug-likeness (QED) is 0.491. The zero-order valence-electron chi connectivity index (χ0n) is 10.9. The lowest BCUT2D eigenvalue weighted by atomic mass is 9.85. The SMILES string of the molecule is Cc1cn([C@@H]2C[C@@]3(CO)C(=O)N[C@H]2C3O)c(=O)nc1N. The highest BCUT2D eigenvalue weighted by atomic mass is 16.3. The molecule has 1 amide bonds. The Labute approximate surface area is 114 Å². The fraction of sp³-hybridized carbons (Fsp3) is 0.583. The van der Waals surface area contributed by atoms with Crippen molar-refractivity contribution in [2.75, 3.05) is 12.3 Å². The van der Waals surface area contributed by atoms with Gasteiger partial charge < -0.3 is 21.3 Å². The van der Waals surface area contributed by atoms with Crippen LogP contribution in [0.2, 0.25) is 0 Å². The molecule has 3 rings (SSSR count). The molecular weight excluding hydrogens is 264 g/mol. The van der Waals surface area contributed by atoms with Gasteiger partial charge in [-0.15, -0.1) is 0 Å². The summed E-state index contributed by atoms with van der Waals surface area (Å²) >= 11 is 0. The second kappa shape index (κ2) is 4.03. The average Bonchev–Trinajstić information content (AvgIpc) is 2.81. The minimum absolute atomic E-state index is 0.163. The van der Waals surface area contributed by atoms with E-state index in [1.54, 1.807) is 13.1 Å². The third kappa shape index (κ3) is 1.46. The minimum Gasteiger partial charge on any atom is -0.395 e. The van der Waals surface area contributed by atoms with Gasteiger partial charge in [0.2, 0.25) is 5.91 Å². The summed E-state index contributed by atoms with van der Waals surface area (Å²) in [4.78, 5) is 27.5. The van der Waals surface area contributed by atoms with Crippen molar-refractivity contribution >= 4 is 11.7 Å². The van der Waals surface area contributed by atoms with Gasteiger partial charge in [0.25, 0.3) is 0 Å². The number of carbonyl (C=O) groups is 1. The van der Waals surface area contributed by atoms with Crippen LogP contribution in [0.5, 0.6) is 0 Å². The van der Waals surface area contributed by atoms with Crippen molar-refractivity contribution in [3.8, 4) is 0 Å². The van der Waals surface area contributed by atoms with Gasteiger partial charge in [-0.05, 0) is 13.3 Å². The van der Waals surface area contributed by atoms with Crippen molar-refractivity contribution in [1.82, 2.24) is 14.9 Å². The van der Waals surface area contributed by atoms with Crippen molar-refractivity contribution in [2.24, 2.45) is 5.41 Å². The Morgan fingerprint density at radius 1 is 1.60 bits per heavy atom. The Bertz CT molecular complexity index is 643.